The first-order chi connectivity index (χ1) is 7.27. The lowest BCUT2D eigenvalue weighted by Crippen LogP contribution is -2.02. The first-order valence-corrected chi connectivity index (χ1v) is 5.88. The molecule has 0 aliphatic heterocycles. The second-order valence-corrected chi connectivity index (χ2v) is 4.34. The van der Waals surface area contributed by atoms with Crippen molar-refractivity contribution in [1.29, 1.82) is 0 Å². The van der Waals surface area contributed by atoms with E-state index in [1.54, 1.807) is 17.5 Å². The summed E-state index contributed by atoms with van der Waals surface area (Å²) in [6.45, 7) is 0. The Morgan fingerprint density at radius 2 is 2.40 bits per heavy atom. The van der Waals surface area contributed by atoms with Crippen molar-refractivity contribution in [3.05, 3.63) is 40.3 Å². The fourth-order valence-corrected chi connectivity index (χ4v) is 2.27. The Hall–Kier alpha value is -1.13. The molecule has 0 aromatic carbocycles. The molecule has 1 atom stereocenters. The smallest absolute Gasteiger partial charge is 0.0801 e. The standard InChI is InChI=1S/C11H14N2OS/c1-13-10(4-6-12-13)2-3-11(14)9-5-7-15-8-9/h4-8,11,14H,2-3H2,1H3. The monoisotopic (exact) mass is 222 g/mol. The van der Waals surface area contributed by atoms with E-state index in [-0.39, 0.29) is 6.10 Å². The Kier molecular flexibility index (Phi) is 3.18. The third-order valence-corrected chi connectivity index (χ3v) is 3.23. The first-order valence-electron chi connectivity index (χ1n) is 4.94. The van der Waals surface area contributed by atoms with Crippen molar-refractivity contribution in [2.45, 2.75) is 18.9 Å². The molecule has 0 spiro atoms. The van der Waals surface area contributed by atoms with Crippen molar-refractivity contribution in [2.75, 3.05) is 0 Å². The number of nitrogens with zero attached hydrogens (tertiary/aromatic N) is 2. The molecular weight excluding hydrogens is 208 g/mol. The molecule has 0 saturated carbocycles. The van der Waals surface area contributed by atoms with E-state index in [9.17, 15) is 5.11 Å². The zero-order valence-electron chi connectivity index (χ0n) is 8.63. The molecule has 1 N–H and O–H groups in total. The van der Waals surface area contributed by atoms with Gasteiger partial charge < -0.3 is 5.11 Å². The van der Waals surface area contributed by atoms with Crippen molar-refractivity contribution in [2.24, 2.45) is 7.05 Å². The van der Waals surface area contributed by atoms with Crippen LogP contribution in [-0.2, 0) is 13.5 Å². The van der Waals surface area contributed by atoms with Gasteiger partial charge in [0, 0.05) is 18.9 Å². The van der Waals surface area contributed by atoms with Crippen LogP contribution in [0.3, 0.4) is 0 Å². The molecule has 0 aliphatic carbocycles. The normalized spacial score (nSPS) is 12.9. The largest absolute Gasteiger partial charge is 0.388 e. The maximum atomic E-state index is 9.88. The van der Waals surface area contributed by atoms with E-state index in [1.807, 2.05) is 34.6 Å². The molecule has 0 amide bonds. The third-order valence-electron chi connectivity index (χ3n) is 2.52. The Morgan fingerprint density at radius 1 is 1.53 bits per heavy atom. The van der Waals surface area contributed by atoms with Crippen LogP contribution in [0, 0.1) is 0 Å². The molecule has 2 aromatic rings. The number of aromatic nitrogens is 2. The van der Waals surface area contributed by atoms with Crippen LogP contribution in [-0.4, -0.2) is 14.9 Å². The topological polar surface area (TPSA) is 38.0 Å². The average Bonchev–Trinajstić information content (AvgIpc) is 2.85. The molecule has 2 aromatic heterocycles. The number of aliphatic hydroxyl groups is 1. The molecule has 3 nitrogen and oxygen atoms in total. The minimum Gasteiger partial charge on any atom is -0.388 e. The van der Waals surface area contributed by atoms with E-state index < -0.39 is 0 Å². The van der Waals surface area contributed by atoms with Crippen molar-refractivity contribution in [1.82, 2.24) is 9.78 Å². The summed E-state index contributed by atoms with van der Waals surface area (Å²) in [7, 11) is 1.92. The number of aliphatic hydroxyl groups excluding tert-OH is 1. The van der Waals surface area contributed by atoms with Gasteiger partial charge in [-0.15, -0.1) is 0 Å². The predicted octanol–water partition coefficient (Wildman–Crippen LogP) is 2.15. The van der Waals surface area contributed by atoms with E-state index in [1.165, 1.54) is 0 Å². The Balaban J connectivity index is 1.91. The lowest BCUT2D eigenvalue weighted by molar-refractivity contribution is 0.167. The van der Waals surface area contributed by atoms with Gasteiger partial charge in [-0.1, -0.05) is 0 Å². The SMILES string of the molecule is Cn1nccc1CCC(O)c1ccsc1. The number of rotatable bonds is 4. The number of aryl methyl sites for hydroxylation is 2. The molecule has 80 valence electrons. The molecule has 1 unspecified atom stereocenters. The van der Waals surface area contributed by atoms with Gasteiger partial charge in [0.15, 0.2) is 0 Å². The van der Waals surface area contributed by atoms with E-state index in [2.05, 4.69) is 5.10 Å². The van der Waals surface area contributed by atoms with Gasteiger partial charge in [-0.2, -0.15) is 16.4 Å². The van der Waals surface area contributed by atoms with Gasteiger partial charge in [0.25, 0.3) is 0 Å². The van der Waals surface area contributed by atoms with Gasteiger partial charge in [-0.3, -0.25) is 4.68 Å². The molecule has 15 heavy (non-hydrogen) atoms. The number of hydrogen-bond donors (Lipinski definition) is 1. The van der Waals surface area contributed by atoms with Gasteiger partial charge in [-0.05, 0) is 41.3 Å². The van der Waals surface area contributed by atoms with Gasteiger partial charge >= 0.3 is 0 Å². The molecule has 0 aliphatic rings. The third kappa shape index (κ3) is 2.46. The second kappa shape index (κ2) is 4.59. The highest BCUT2D eigenvalue weighted by Crippen LogP contribution is 2.20. The van der Waals surface area contributed by atoms with Crippen LogP contribution in [0.5, 0.6) is 0 Å². The molecule has 0 bridgehead atoms. The molecule has 0 fully saturated rings. The van der Waals surface area contributed by atoms with E-state index in [0.717, 1.165) is 24.1 Å². The zero-order chi connectivity index (χ0) is 10.7. The summed E-state index contributed by atoms with van der Waals surface area (Å²) in [6.07, 6.45) is 3.03. The molecule has 2 heterocycles. The van der Waals surface area contributed by atoms with Crippen LogP contribution in [0.15, 0.2) is 29.1 Å². The van der Waals surface area contributed by atoms with Gasteiger partial charge in [0.05, 0.1) is 6.10 Å². The fourth-order valence-electron chi connectivity index (χ4n) is 1.56. The van der Waals surface area contributed by atoms with Crippen molar-refractivity contribution >= 4 is 11.3 Å². The zero-order valence-corrected chi connectivity index (χ0v) is 9.44. The van der Waals surface area contributed by atoms with E-state index >= 15 is 0 Å². The molecular formula is C11H14N2OS. The average molecular weight is 222 g/mol. The van der Waals surface area contributed by atoms with Crippen LogP contribution >= 0.6 is 11.3 Å². The summed E-state index contributed by atoms with van der Waals surface area (Å²) in [6, 6.07) is 3.96. The van der Waals surface area contributed by atoms with Crippen molar-refractivity contribution in [3.63, 3.8) is 0 Å². The highest BCUT2D eigenvalue weighted by Gasteiger charge is 2.08. The lowest BCUT2D eigenvalue weighted by Gasteiger charge is -2.08. The highest BCUT2D eigenvalue weighted by atomic mass is 32.1. The van der Waals surface area contributed by atoms with Gasteiger partial charge in [0.1, 0.15) is 0 Å². The van der Waals surface area contributed by atoms with E-state index in [0.29, 0.717) is 0 Å². The maximum Gasteiger partial charge on any atom is 0.0801 e. The molecule has 2 rings (SSSR count). The second-order valence-electron chi connectivity index (χ2n) is 3.56. The van der Waals surface area contributed by atoms with Crippen LogP contribution < -0.4 is 0 Å². The van der Waals surface area contributed by atoms with Crippen LogP contribution in [0.4, 0.5) is 0 Å². The molecule has 0 radical (unpaired) electrons. The van der Waals surface area contributed by atoms with Crippen LogP contribution in [0.25, 0.3) is 0 Å². The molecule has 4 heteroatoms. The Bertz CT molecular complexity index is 408. The quantitative estimate of drug-likeness (QED) is 0.860. The van der Waals surface area contributed by atoms with Gasteiger partial charge in [0.2, 0.25) is 0 Å². The summed E-state index contributed by atoms with van der Waals surface area (Å²) >= 11 is 1.62. The Labute approximate surface area is 93.0 Å². The number of thiophene rings is 1. The summed E-state index contributed by atoms with van der Waals surface area (Å²) in [5, 5.41) is 18.0. The lowest BCUT2D eigenvalue weighted by atomic mass is 10.1. The van der Waals surface area contributed by atoms with E-state index in [4.69, 9.17) is 0 Å². The highest BCUT2D eigenvalue weighted by molar-refractivity contribution is 7.07. The van der Waals surface area contributed by atoms with Crippen LogP contribution in [0.1, 0.15) is 23.8 Å². The van der Waals surface area contributed by atoms with Crippen molar-refractivity contribution < 1.29 is 5.11 Å². The summed E-state index contributed by atoms with van der Waals surface area (Å²) in [5.41, 5.74) is 2.17. The summed E-state index contributed by atoms with van der Waals surface area (Å²) in [4.78, 5) is 0. The van der Waals surface area contributed by atoms with Crippen molar-refractivity contribution in [3.8, 4) is 0 Å². The van der Waals surface area contributed by atoms with Gasteiger partial charge in [-0.25, -0.2) is 0 Å². The minimum absolute atomic E-state index is 0.355. The molecule has 0 saturated heterocycles. The Morgan fingerprint density at radius 3 is 3.00 bits per heavy atom. The summed E-state index contributed by atoms with van der Waals surface area (Å²) in [5.74, 6) is 0. The minimum atomic E-state index is -0.355. The predicted molar refractivity (Wildman–Crippen MR) is 60.8 cm³/mol. The maximum absolute atomic E-state index is 9.88. The fraction of sp³-hybridized carbons (Fsp3) is 0.364. The first kappa shape index (κ1) is 10.4. The van der Waals surface area contributed by atoms with Crippen LogP contribution in [0.2, 0.25) is 0 Å². The summed E-state index contributed by atoms with van der Waals surface area (Å²) < 4.78 is 1.85. The number of hydrogen-bond acceptors (Lipinski definition) is 3.